The van der Waals surface area contributed by atoms with Crippen LogP contribution in [-0.4, -0.2) is 63.1 Å². The summed E-state index contributed by atoms with van der Waals surface area (Å²) in [5, 5.41) is 0.587. The molecule has 7 nitrogen and oxygen atoms in total. The van der Waals surface area contributed by atoms with Crippen molar-refractivity contribution in [3.63, 3.8) is 0 Å². The molecule has 0 spiro atoms. The Kier molecular flexibility index (Phi) is 6.29. The van der Waals surface area contributed by atoms with Crippen LogP contribution in [0, 0.1) is 0 Å². The summed E-state index contributed by atoms with van der Waals surface area (Å²) in [5.41, 5.74) is 0.513. The number of rotatable bonds is 5. The van der Waals surface area contributed by atoms with E-state index in [1.807, 2.05) is 0 Å². The predicted octanol–water partition coefficient (Wildman–Crippen LogP) is 1.37. The summed E-state index contributed by atoms with van der Waals surface area (Å²) in [4.78, 5) is 50.9. The molecule has 1 saturated heterocycles. The summed E-state index contributed by atoms with van der Waals surface area (Å²) < 4.78 is 29.3. The maximum atomic E-state index is 14.6. The third-order valence-electron chi connectivity index (χ3n) is 5.89. The summed E-state index contributed by atoms with van der Waals surface area (Å²) in [6, 6.07) is 7.65. The smallest absolute Gasteiger partial charge is 0.348 e. The summed E-state index contributed by atoms with van der Waals surface area (Å²) in [5.74, 6) is -7.49. The molecule has 0 aromatic heterocycles. The zero-order valence-corrected chi connectivity index (χ0v) is 18.9. The second kappa shape index (κ2) is 8.82. The van der Waals surface area contributed by atoms with Gasteiger partial charge in [-0.15, -0.1) is 0 Å². The molecule has 0 saturated carbocycles. The number of alkyl halides is 2. The van der Waals surface area contributed by atoms with E-state index in [9.17, 15) is 28.0 Å². The van der Waals surface area contributed by atoms with Gasteiger partial charge in [-0.05, 0) is 29.3 Å². The van der Waals surface area contributed by atoms with Crippen molar-refractivity contribution >= 4 is 58.9 Å². The summed E-state index contributed by atoms with van der Waals surface area (Å²) in [6.07, 6.45) is -0.360. The molecule has 1 atom stereocenters. The van der Waals surface area contributed by atoms with Crippen LogP contribution >= 0.6 is 11.6 Å². The molecule has 0 bridgehead atoms. The van der Waals surface area contributed by atoms with E-state index in [-0.39, 0.29) is 30.1 Å². The third-order valence-corrected chi connectivity index (χ3v) is 6.14. The number of nitrogens with one attached hydrogen (secondary N) is 1. The van der Waals surface area contributed by atoms with Gasteiger partial charge in [-0.3, -0.25) is 24.5 Å². The number of carbonyl (C=O) groups excluding carboxylic acids is 4. The fraction of sp³-hybridized carbons (Fsp3) is 0.273. The number of piperidine rings is 1. The molecule has 13 heteroatoms. The Morgan fingerprint density at radius 3 is 2.46 bits per heavy atom. The summed E-state index contributed by atoms with van der Waals surface area (Å²) in [6.45, 7) is -0.441. The topological polar surface area (TPSA) is 86.8 Å². The van der Waals surface area contributed by atoms with E-state index in [1.54, 1.807) is 0 Å². The lowest BCUT2D eigenvalue weighted by Gasteiger charge is -2.42. The zero-order valence-electron chi connectivity index (χ0n) is 18.1. The SMILES string of the molecule is [B]N(Cc1ccc2c(c1)CN(C1C(=O)NC(=O)CC1([B])[B])C2=O)C(=O)C(F)(F)c1ccc(Cl)cc1. The van der Waals surface area contributed by atoms with Gasteiger partial charge in [-0.2, -0.15) is 8.78 Å². The number of hydrogen-bond donors (Lipinski definition) is 1. The molecule has 1 fully saturated rings. The van der Waals surface area contributed by atoms with Gasteiger partial charge in [0.05, 0.1) is 15.7 Å². The lowest BCUT2D eigenvalue weighted by atomic mass is 9.47. The van der Waals surface area contributed by atoms with Crippen LogP contribution in [0.5, 0.6) is 0 Å². The Morgan fingerprint density at radius 1 is 1.17 bits per heavy atom. The highest BCUT2D eigenvalue weighted by atomic mass is 35.5. The third kappa shape index (κ3) is 4.59. The molecule has 2 aromatic carbocycles. The second-order valence-corrected chi connectivity index (χ2v) is 8.98. The van der Waals surface area contributed by atoms with E-state index < -0.39 is 46.4 Å². The van der Waals surface area contributed by atoms with Gasteiger partial charge in [0, 0.05) is 35.7 Å². The number of amides is 4. The van der Waals surface area contributed by atoms with Gasteiger partial charge in [0.15, 0.2) is 0 Å². The molecule has 0 aliphatic carbocycles. The highest BCUT2D eigenvalue weighted by Crippen LogP contribution is 2.38. The van der Waals surface area contributed by atoms with Gasteiger partial charge in [0.25, 0.3) is 11.8 Å². The van der Waals surface area contributed by atoms with Crippen molar-refractivity contribution in [2.24, 2.45) is 0 Å². The fourth-order valence-corrected chi connectivity index (χ4v) is 4.36. The molecule has 35 heavy (non-hydrogen) atoms. The van der Waals surface area contributed by atoms with E-state index in [2.05, 4.69) is 5.32 Å². The maximum Gasteiger partial charge on any atom is 0.348 e. The minimum absolute atomic E-state index is 0.0656. The molecule has 2 aromatic rings. The Hall–Kier alpha value is -3.14. The lowest BCUT2D eigenvalue weighted by Crippen LogP contribution is -2.60. The molecule has 1 unspecified atom stereocenters. The van der Waals surface area contributed by atoms with Crippen LogP contribution < -0.4 is 5.32 Å². The summed E-state index contributed by atoms with van der Waals surface area (Å²) >= 11 is 5.71. The van der Waals surface area contributed by atoms with Crippen LogP contribution in [0.1, 0.15) is 33.5 Å². The standard InChI is InChI=1S/C22H15B3ClF2N3O4/c23-21(24)8-16(32)29-18(33)17(21)30-10-12-7-11(1-6-15(12)19(30)34)9-31(25)20(35)22(27,28)13-2-4-14(26)5-3-13/h1-7,17H,8-10H2,(H,29,32,33). The van der Waals surface area contributed by atoms with Gasteiger partial charge < -0.3 is 9.71 Å². The van der Waals surface area contributed by atoms with E-state index in [0.29, 0.717) is 15.9 Å². The van der Waals surface area contributed by atoms with E-state index in [4.69, 9.17) is 35.3 Å². The normalized spacial score (nSPS) is 19.3. The largest absolute Gasteiger partial charge is 0.387 e. The first-order valence-corrected chi connectivity index (χ1v) is 10.7. The number of hydrogen-bond acceptors (Lipinski definition) is 4. The zero-order chi connectivity index (χ0) is 25.7. The molecule has 172 valence electrons. The molecular formula is C22H15B3ClF2N3O4. The van der Waals surface area contributed by atoms with Crippen molar-refractivity contribution in [2.75, 3.05) is 0 Å². The van der Waals surface area contributed by atoms with E-state index in [1.165, 1.54) is 30.3 Å². The summed E-state index contributed by atoms with van der Waals surface area (Å²) in [7, 11) is 17.6. The number of halogens is 3. The van der Waals surface area contributed by atoms with Crippen LogP contribution in [-0.2, 0) is 33.4 Å². The van der Waals surface area contributed by atoms with Gasteiger partial charge in [-0.25, -0.2) is 0 Å². The predicted molar refractivity (Wildman–Crippen MR) is 124 cm³/mol. The van der Waals surface area contributed by atoms with Crippen molar-refractivity contribution in [1.82, 2.24) is 15.0 Å². The first kappa shape index (κ1) is 25.0. The van der Waals surface area contributed by atoms with E-state index >= 15 is 0 Å². The molecule has 1 N–H and O–H groups in total. The first-order chi connectivity index (χ1) is 16.3. The lowest BCUT2D eigenvalue weighted by molar-refractivity contribution is -0.154. The van der Waals surface area contributed by atoms with Gasteiger partial charge >= 0.3 is 5.92 Å². The van der Waals surface area contributed by atoms with Crippen molar-refractivity contribution in [3.05, 3.63) is 69.7 Å². The molecule has 6 radical (unpaired) electrons. The molecule has 2 aliphatic rings. The highest BCUT2D eigenvalue weighted by Gasteiger charge is 2.48. The fourth-order valence-electron chi connectivity index (χ4n) is 4.24. The molecule has 2 aliphatic heterocycles. The number of fused-ring (bicyclic) bond motifs is 1. The average Bonchev–Trinajstić information content (AvgIpc) is 3.07. The maximum absolute atomic E-state index is 14.6. The van der Waals surface area contributed by atoms with Crippen molar-refractivity contribution in [2.45, 2.75) is 36.7 Å². The number of imide groups is 1. The van der Waals surface area contributed by atoms with Crippen LogP contribution in [0.3, 0.4) is 0 Å². The number of benzene rings is 2. The Balaban J connectivity index is 1.51. The molecular weight excluding hydrogens is 476 g/mol. The quantitative estimate of drug-likeness (QED) is 0.506. The van der Waals surface area contributed by atoms with Crippen LogP contribution in [0.2, 0.25) is 10.2 Å². The van der Waals surface area contributed by atoms with Crippen molar-refractivity contribution in [1.29, 1.82) is 0 Å². The van der Waals surface area contributed by atoms with Gasteiger partial charge in [0.2, 0.25) is 19.8 Å². The second-order valence-electron chi connectivity index (χ2n) is 8.54. The first-order valence-electron chi connectivity index (χ1n) is 10.4. The molecule has 2 heterocycles. The Morgan fingerprint density at radius 2 is 1.83 bits per heavy atom. The Bertz CT molecular complexity index is 1240. The molecule has 4 amide bonds. The minimum atomic E-state index is -3.89. The van der Waals surface area contributed by atoms with E-state index in [0.717, 1.165) is 17.0 Å². The van der Waals surface area contributed by atoms with Crippen LogP contribution in [0.4, 0.5) is 8.78 Å². The monoisotopic (exact) mass is 491 g/mol. The Labute approximate surface area is 208 Å². The number of carbonyl (C=O) groups is 4. The van der Waals surface area contributed by atoms with Crippen LogP contribution in [0.25, 0.3) is 0 Å². The highest BCUT2D eigenvalue weighted by molar-refractivity contribution is 6.44. The minimum Gasteiger partial charge on any atom is -0.387 e. The van der Waals surface area contributed by atoms with Crippen LogP contribution in [0.15, 0.2) is 42.5 Å². The molecule has 4 rings (SSSR count). The van der Waals surface area contributed by atoms with Gasteiger partial charge in [0.1, 0.15) is 6.04 Å². The van der Waals surface area contributed by atoms with Crippen molar-refractivity contribution in [3.8, 4) is 0 Å². The van der Waals surface area contributed by atoms with Crippen molar-refractivity contribution < 1.29 is 28.0 Å². The van der Waals surface area contributed by atoms with Gasteiger partial charge in [-0.1, -0.05) is 41.1 Å². The number of nitrogens with zero attached hydrogens (tertiary/aromatic N) is 2. The average molecular weight is 491 g/mol.